The van der Waals surface area contributed by atoms with E-state index >= 15 is 0 Å². The van der Waals surface area contributed by atoms with Crippen molar-refractivity contribution in [2.24, 2.45) is 5.73 Å². The lowest BCUT2D eigenvalue weighted by Crippen LogP contribution is -2.30. The quantitative estimate of drug-likeness (QED) is 0.856. The number of nitrogens with zero attached hydrogens (tertiary/aromatic N) is 2. The van der Waals surface area contributed by atoms with Gasteiger partial charge in [-0.05, 0) is 32.2 Å². The molecule has 0 aliphatic heterocycles. The monoisotopic (exact) mass is 239 g/mol. The van der Waals surface area contributed by atoms with Crippen molar-refractivity contribution in [3.8, 4) is 0 Å². The number of hydrogen-bond donors (Lipinski definition) is 1. The predicted molar refractivity (Wildman–Crippen MR) is 73.1 cm³/mol. The van der Waals surface area contributed by atoms with Crippen LogP contribution in [0.5, 0.6) is 0 Å². The van der Waals surface area contributed by atoms with Crippen LogP contribution < -0.4 is 10.6 Å². The highest BCUT2D eigenvalue weighted by molar-refractivity contribution is 7.98. The first-order valence-corrected chi connectivity index (χ1v) is 6.89. The first-order valence-electron chi connectivity index (χ1n) is 5.49. The number of thioether (sulfide) groups is 1. The summed E-state index contributed by atoms with van der Waals surface area (Å²) in [6.45, 7) is 4.16. The van der Waals surface area contributed by atoms with E-state index in [0.29, 0.717) is 6.04 Å². The van der Waals surface area contributed by atoms with Gasteiger partial charge in [0.2, 0.25) is 0 Å². The molecule has 0 spiro atoms. The van der Waals surface area contributed by atoms with E-state index in [2.05, 4.69) is 36.2 Å². The van der Waals surface area contributed by atoms with Crippen molar-refractivity contribution in [1.29, 1.82) is 0 Å². The summed E-state index contributed by atoms with van der Waals surface area (Å²) in [5, 5.41) is 0. The second kappa shape index (κ2) is 6.11. The van der Waals surface area contributed by atoms with Crippen molar-refractivity contribution in [2.75, 3.05) is 24.0 Å². The van der Waals surface area contributed by atoms with E-state index in [1.807, 2.05) is 30.9 Å². The van der Waals surface area contributed by atoms with E-state index in [4.69, 9.17) is 5.73 Å². The topological polar surface area (TPSA) is 42.1 Å². The van der Waals surface area contributed by atoms with Crippen molar-refractivity contribution in [3.05, 3.63) is 24.0 Å². The Morgan fingerprint density at radius 1 is 1.44 bits per heavy atom. The van der Waals surface area contributed by atoms with Gasteiger partial charge in [0.05, 0.1) is 17.6 Å². The van der Waals surface area contributed by atoms with Crippen LogP contribution in [0, 0.1) is 0 Å². The second-order valence-electron chi connectivity index (χ2n) is 4.15. The van der Waals surface area contributed by atoms with Crippen molar-refractivity contribution in [3.63, 3.8) is 0 Å². The maximum absolute atomic E-state index is 5.77. The summed E-state index contributed by atoms with van der Waals surface area (Å²) < 4.78 is 0. The lowest BCUT2D eigenvalue weighted by atomic mass is 10.2. The number of hydrogen-bond acceptors (Lipinski definition) is 4. The third kappa shape index (κ3) is 3.39. The van der Waals surface area contributed by atoms with Gasteiger partial charge in [-0.15, -0.1) is 0 Å². The first kappa shape index (κ1) is 13.3. The molecular formula is C12H21N3S. The molecule has 0 bridgehead atoms. The zero-order chi connectivity index (χ0) is 12.1. The van der Waals surface area contributed by atoms with Gasteiger partial charge in [0.1, 0.15) is 0 Å². The molecule has 2 atom stereocenters. The molecule has 2 unspecified atom stereocenters. The summed E-state index contributed by atoms with van der Waals surface area (Å²) in [5.74, 6) is 1.12. The SMILES string of the molecule is CSCC(C)N(C)c1ccc(C(C)N)nc1. The van der Waals surface area contributed by atoms with Crippen LogP contribution >= 0.6 is 11.8 Å². The summed E-state index contributed by atoms with van der Waals surface area (Å²) in [5.41, 5.74) is 7.85. The number of pyridine rings is 1. The zero-order valence-electron chi connectivity index (χ0n) is 10.5. The molecule has 0 radical (unpaired) electrons. The molecule has 0 aliphatic carbocycles. The molecule has 1 rings (SSSR count). The van der Waals surface area contributed by atoms with E-state index in [9.17, 15) is 0 Å². The highest BCUT2D eigenvalue weighted by Crippen LogP contribution is 2.17. The molecule has 1 aromatic rings. The lowest BCUT2D eigenvalue weighted by molar-refractivity contribution is 0.753. The third-order valence-electron chi connectivity index (χ3n) is 2.71. The molecule has 16 heavy (non-hydrogen) atoms. The number of aromatic nitrogens is 1. The van der Waals surface area contributed by atoms with Crippen molar-refractivity contribution >= 4 is 17.4 Å². The van der Waals surface area contributed by atoms with Gasteiger partial charge in [0, 0.05) is 24.9 Å². The Balaban J connectivity index is 2.73. The average molecular weight is 239 g/mol. The number of nitrogens with two attached hydrogens (primary N) is 1. The molecule has 0 saturated heterocycles. The van der Waals surface area contributed by atoms with E-state index in [-0.39, 0.29) is 6.04 Å². The molecule has 0 aromatic carbocycles. The highest BCUT2D eigenvalue weighted by Gasteiger charge is 2.10. The summed E-state index contributed by atoms with van der Waals surface area (Å²) in [6.07, 6.45) is 4.03. The highest BCUT2D eigenvalue weighted by atomic mass is 32.2. The molecule has 3 nitrogen and oxygen atoms in total. The molecule has 0 saturated carbocycles. The van der Waals surface area contributed by atoms with Crippen molar-refractivity contribution in [1.82, 2.24) is 4.98 Å². The fraction of sp³-hybridized carbons (Fsp3) is 0.583. The summed E-state index contributed by atoms with van der Waals surface area (Å²) in [4.78, 5) is 6.61. The zero-order valence-corrected chi connectivity index (χ0v) is 11.3. The smallest absolute Gasteiger partial charge is 0.0569 e. The third-order valence-corrected chi connectivity index (χ3v) is 3.53. The molecule has 90 valence electrons. The van der Waals surface area contributed by atoms with Crippen LogP contribution in [0.3, 0.4) is 0 Å². The fourth-order valence-electron chi connectivity index (χ4n) is 1.48. The summed E-state index contributed by atoms with van der Waals surface area (Å²) >= 11 is 1.86. The summed E-state index contributed by atoms with van der Waals surface area (Å²) in [6, 6.07) is 4.60. The van der Waals surface area contributed by atoms with Crippen LogP contribution in [0.4, 0.5) is 5.69 Å². The van der Waals surface area contributed by atoms with Crippen LogP contribution in [0.25, 0.3) is 0 Å². The summed E-state index contributed by atoms with van der Waals surface area (Å²) in [7, 11) is 2.10. The Morgan fingerprint density at radius 2 is 2.12 bits per heavy atom. The van der Waals surface area contributed by atoms with Crippen LogP contribution in [0.15, 0.2) is 18.3 Å². The van der Waals surface area contributed by atoms with Gasteiger partial charge < -0.3 is 10.6 Å². The number of rotatable bonds is 5. The maximum Gasteiger partial charge on any atom is 0.0569 e. The van der Waals surface area contributed by atoms with E-state index in [1.54, 1.807) is 0 Å². The lowest BCUT2D eigenvalue weighted by Gasteiger charge is -2.26. The Bertz CT molecular complexity index is 311. The van der Waals surface area contributed by atoms with E-state index in [0.717, 1.165) is 17.1 Å². The predicted octanol–water partition coefficient (Wildman–Crippen LogP) is 2.29. The van der Waals surface area contributed by atoms with Gasteiger partial charge in [-0.2, -0.15) is 11.8 Å². The van der Waals surface area contributed by atoms with Gasteiger partial charge in [0.15, 0.2) is 0 Å². The Kier molecular flexibility index (Phi) is 5.09. The molecule has 1 heterocycles. The molecule has 2 N–H and O–H groups in total. The standard InChI is InChI=1S/C12H21N3S/c1-9(8-16-4)15(3)11-5-6-12(10(2)13)14-7-11/h5-7,9-10H,8,13H2,1-4H3. The van der Waals surface area contributed by atoms with Gasteiger partial charge in [-0.25, -0.2) is 0 Å². The molecule has 1 aromatic heterocycles. The van der Waals surface area contributed by atoms with Crippen LogP contribution in [0.1, 0.15) is 25.6 Å². The molecule has 0 amide bonds. The fourth-order valence-corrected chi connectivity index (χ4v) is 2.19. The maximum atomic E-state index is 5.77. The second-order valence-corrected chi connectivity index (χ2v) is 5.06. The van der Waals surface area contributed by atoms with Crippen LogP contribution in [0.2, 0.25) is 0 Å². The van der Waals surface area contributed by atoms with Crippen LogP contribution in [-0.4, -0.2) is 30.1 Å². The molecule has 4 heteroatoms. The van der Waals surface area contributed by atoms with Gasteiger partial charge in [-0.3, -0.25) is 4.98 Å². The normalized spacial score (nSPS) is 14.6. The van der Waals surface area contributed by atoms with Gasteiger partial charge in [-0.1, -0.05) is 0 Å². The van der Waals surface area contributed by atoms with Crippen molar-refractivity contribution < 1.29 is 0 Å². The molecular weight excluding hydrogens is 218 g/mol. The average Bonchev–Trinajstić information content (AvgIpc) is 2.28. The van der Waals surface area contributed by atoms with Gasteiger partial charge in [0.25, 0.3) is 0 Å². The minimum atomic E-state index is 0.00276. The first-order chi connectivity index (χ1) is 7.56. The Morgan fingerprint density at radius 3 is 2.56 bits per heavy atom. The molecule has 0 aliphatic rings. The Labute approximate surface area is 102 Å². The van der Waals surface area contributed by atoms with E-state index in [1.165, 1.54) is 0 Å². The van der Waals surface area contributed by atoms with E-state index < -0.39 is 0 Å². The minimum Gasteiger partial charge on any atom is -0.370 e. The minimum absolute atomic E-state index is 0.00276. The van der Waals surface area contributed by atoms with Crippen LogP contribution in [-0.2, 0) is 0 Å². The van der Waals surface area contributed by atoms with Gasteiger partial charge >= 0.3 is 0 Å². The Hall–Kier alpha value is -0.740. The number of anilines is 1. The molecule has 0 fully saturated rings. The largest absolute Gasteiger partial charge is 0.370 e. The van der Waals surface area contributed by atoms with Crippen molar-refractivity contribution in [2.45, 2.75) is 25.9 Å².